The third kappa shape index (κ3) is 3.67. The molecule has 0 unspecified atom stereocenters. The predicted molar refractivity (Wildman–Crippen MR) is 91.6 cm³/mol. The Morgan fingerprint density at radius 3 is 2.48 bits per heavy atom. The minimum Gasteiger partial charge on any atom is -0.480 e. The summed E-state index contributed by atoms with van der Waals surface area (Å²) >= 11 is 0. The van der Waals surface area contributed by atoms with Crippen LogP contribution in [0.15, 0.2) is 24.3 Å². The van der Waals surface area contributed by atoms with Crippen LogP contribution in [0.5, 0.6) is 0 Å². The monoisotopic (exact) mass is 344 g/mol. The fraction of sp³-hybridized carbons (Fsp3) is 0.526. The Labute approximate surface area is 147 Å². The van der Waals surface area contributed by atoms with E-state index in [4.69, 9.17) is 0 Å². The van der Waals surface area contributed by atoms with Crippen LogP contribution in [-0.2, 0) is 20.9 Å². The molecule has 1 aliphatic heterocycles. The van der Waals surface area contributed by atoms with Gasteiger partial charge in [0.05, 0.1) is 5.92 Å². The van der Waals surface area contributed by atoms with Gasteiger partial charge in [0.15, 0.2) is 0 Å². The Kier molecular flexibility index (Phi) is 4.54. The van der Waals surface area contributed by atoms with Gasteiger partial charge in [-0.2, -0.15) is 0 Å². The highest BCUT2D eigenvalue weighted by Crippen LogP contribution is 2.40. The number of hydrogen-bond donors (Lipinski definition) is 2. The number of amides is 2. The topological polar surface area (TPSA) is 86.7 Å². The number of likely N-dealkylation sites (tertiary alicyclic amines) is 1. The number of carboxylic acid groups (broad SMARTS) is 1. The van der Waals surface area contributed by atoms with Crippen LogP contribution in [0.4, 0.5) is 0 Å². The average molecular weight is 344 g/mol. The minimum atomic E-state index is -1.23. The molecule has 0 spiro atoms. The molecule has 6 heteroatoms. The fourth-order valence-corrected chi connectivity index (χ4v) is 3.36. The average Bonchev–Trinajstić information content (AvgIpc) is 3.35. The van der Waals surface area contributed by atoms with E-state index in [1.165, 1.54) is 0 Å². The molecule has 6 nitrogen and oxygen atoms in total. The highest BCUT2D eigenvalue weighted by Gasteiger charge is 2.49. The van der Waals surface area contributed by atoms with E-state index in [9.17, 15) is 19.5 Å². The van der Waals surface area contributed by atoms with Gasteiger partial charge in [0.25, 0.3) is 0 Å². The number of benzene rings is 1. The van der Waals surface area contributed by atoms with E-state index in [-0.39, 0.29) is 24.2 Å². The lowest BCUT2D eigenvalue weighted by Gasteiger charge is -2.27. The Bertz CT molecular complexity index is 696. The van der Waals surface area contributed by atoms with Crippen LogP contribution < -0.4 is 5.32 Å². The zero-order chi connectivity index (χ0) is 18.2. The molecule has 2 N–H and O–H groups in total. The number of nitrogens with zero attached hydrogens (tertiary/aromatic N) is 1. The highest BCUT2D eigenvalue weighted by molar-refractivity contribution is 5.92. The molecule has 0 aromatic heterocycles. The SMILES string of the molecule is Cc1ccc(CN2C[C@@H](C(=O)N[C@@](C)(C(=O)O)C3CC3)CC2=O)cc1. The number of rotatable bonds is 6. The lowest BCUT2D eigenvalue weighted by atomic mass is 9.94. The Hall–Kier alpha value is -2.37. The molecule has 2 aliphatic rings. The minimum absolute atomic E-state index is 0.0188. The summed E-state index contributed by atoms with van der Waals surface area (Å²) in [6.45, 7) is 4.37. The van der Waals surface area contributed by atoms with Crippen LogP contribution in [0, 0.1) is 18.8 Å². The molecule has 2 amide bonds. The van der Waals surface area contributed by atoms with Crippen molar-refractivity contribution in [2.75, 3.05) is 6.54 Å². The normalized spacial score (nSPS) is 22.6. The van der Waals surface area contributed by atoms with Crippen molar-refractivity contribution in [2.24, 2.45) is 11.8 Å². The van der Waals surface area contributed by atoms with E-state index in [0.29, 0.717) is 13.1 Å². The van der Waals surface area contributed by atoms with Crippen molar-refractivity contribution in [1.29, 1.82) is 0 Å². The van der Waals surface area contributed by atoms with E-state index >= 15 is 0 Å². The summed E-state index contributed by atoms with van der Waals surface area (Å²) < 4.78 is 0. The number of carbonyl (C=O) groups is 3. The van der Waals surface area contributed by atoms with E-state index < -0.39 is 17.4 Å². The second-order valence-electron chi connectivity index (χ2n) is 7.43. The number of hydrogen-bond acceptors (Lipinski definition) is 3. The van der Waals surface area contributed by atoms with Crippen LogP contribution in [-0.4, -0.2) is 39.9 Å². The van der Waals surface area contributed by atoms with Crippen molar-refractivity contribution >= 4 is 17.8 Å². The van der Waals surface area contributed by atoms with Gasteiger partial charge in [-0.3, -0.25) is 9.59 Å². The Morgan fingerprint density at radius 1 is 1.28 bits per heavy atom. The van der Waals surface area contributed by atoms with Gasteiger partial charge in [-0.05, 0) is 38.2 Å². The molecule has 1 aromatic rings. The Balaban J connectivity index is 1.62. The van der Waals surface area contributed by atoms with Crippen molar-refractivity contribution in [2.45, 2.75) is 45.2 Å². The molecule has 1 aliphatic carbocycles. The smallest absolute Gasteiger partial charge is 0.329 e. The first kappa shape index (κ1) is 17.5. The zero-order valence-corrected chi connectivity index (χ0v) is 14.6. The maximum absolute atomic E-state index is 12.5. The third-order valence-corrected chi connectivity index (χ3v) is 5.30. The summed E-state index contributed by atoms with van der Waals surface area (Å²) in [6.07, 6.45) is 1.76. The van der Waals surface area contributed by atoms with Crippen molar-refractivity contribution in [3.05, 3.63) is 35.4 Å². The van der Waals surface area contributed by atoms with E-state index in [1.807, 2.05) is 31.2 Å². The third-order valence-electron chi connectivity index (χ3n) is 5.30. The first-order valence-corrected chi connectivity index (χ1v) is 8.68. The molecule has 2 fully saturated rings. The number of nitrogens with one attached hydrogen (secondary N) is 1. The predicted octanol–water partition coefficient (Wildman–Crippen LogP) is 1.71. The largest absolute Gasteiger partial charge is 0.480 e. The van der Waals surface area contributed by atoms with Crippen molar-refractivity contribution in [3.63, 3.8) is 0 Å². The fourth-order valence-electron chi connectivity index (χ4n) is 3.36. The molecular formula is C19H24N2O4. The van der Waals surface area contributed by atoms with Crippen LogP contribution in [0.3, 0.4) is 0 Å². The van der Waals surface area contributed by atoms with Crippen molar-refractivity contribution in [1.82, 2.24) is 10.2 Å². The second-order valence-corrected chi connectivity index (χ2v) is 7.43. The zero-order valence-electron chi connectivity index (χ0n) is 14.6. The van der Waals surface area contributed by atoms with Gasteiger partial charge < -0.3 is 15.3 Å². The first-order valence-electron chi connectivity index (χ1n) is 8.68. The van der Waals surface area contributed by atoms with Crippen LogP contribution in [0.1, 0.15) is 37.3 Å². The van der Waals surface area contributed by atoms with Gasteiger partial charge in [0, 0.05) is 19.5 Å². The van der Waals surface area contributed by atoms with Crippen molar-refractivity contribution in [3.8, 4) is 0 Å². The molecule has 1 saturated heterocycles. The molecule has 1 aromatic carbocycles. The molecule has 2 atom stereocenters. The molecule has 1 saturated carbocycles. The van der Waals surface area contributed by atoms with Gasteiger partial charge >= 0.3 is 5.97 Å². The molecule has 0 bridgehead atoms. The second kappa shape index (κ2) is 6.50. The van der Waals surface area contributed by atoms with Gasteiger partial charge in [0.2, 0.25) is 11.8 Å². The standard InChI is InChI=1S/C19H24N2O4/c1-12-3-5-13(6-4-12)10-21-11-14(9-16(21)22)17(23)20-19(2,18(24)25)15-7-8-15/h3-6,14-15H,7-11H2,1-2H3,(H,20,23)(H,24,25)/t14-,19+/m0/s1. The lowest BCUT2D eigenvalue weighted by Crippen LogP contribution is -2.55. The van der Waals surface area contributed by atoms with Crippen LogP contribution in [0.2, 0.25) is 0 Å². The van der Waals surface area contributed by atoms with E-state index in [0.717, 1.165) is 24.0 Å². The van der Waals surface area contributed by atoms with E-state index in [1.54, 1.807) is 11.8 Å². The maximum atomic E-state index is 12.5. The molecule has 3 rings (SSSR count). The van der Waals surface area contributed by atoms with Crippen molar-refractivity contribution < 1.29 is 19.5 Å². The van der Waals surface area contributed by atoms with Gasteiger partial charge in [-0.1, -0.05) is 29.8 Å². The van der Waals surface area contributed by atoms with Crippen LogP contribution in [0.25, 0.3) is 0 Å². The van der Waals surface area contributed by atoms with Gasteiger partial charge in [-0.15, -0.1) is 0 Å². The molecule has 134 valence electrons. The molecule has 25 heavy (non-hydrogen) atoms. The lowest BCUT2D eigenvalue weighted by molar-refractivity contribution is -0.148. The number of aryl methyl sites for hydroxylation is 1. The first-order chi connectivity index (χ1) is 11.8. The summed E-state index contributed by atoms with van der Waals surface area (Å²) in [6, 6.07) is 7.94. The summed E-state index contributed by atoms with van der Waals surface area (Å²) in [5.41, 5.74) is 0.944. The maximum Gasteiger partial charge on any atom is 0.329 e. The quantitative estimate of drug-likeness (QED) is 0.822. The summed E-state index contributed by atoms with van der Waals surface area (Å²) in [7, 11) is 0. The summed E-state index contributed by atoms with van der Waals surface area (Å²) in [5.74, 6) is -1.92. The Morgan fingerprint density at radius 2 is 1.92 bits per heavy atom. The van der Waals surface area contributed by atoms with Gasteiger partial charge in [0.1, 0.15) is 5.54 Å². The number of carboxylic acids is 1. The molecular weight excluding hydrogens is 320 g/mol. The molecule has 1 heterocycles. The highest BCUT2D eigenvalue weighted by atomic mass is 16.4. The van der Waals surface area contributed by atoms with E-state index in [2.05, 4.69) is 5.32 Å². The number of aliphatic carboxylic acids is 1. The summed E-state index contributed by atoms with van der Waals surface area (Å²) in [5, 5.41) is 12.2. The van der Waals surface area contributed by atoms with Gasteiger partial charge in [-0.25, -0.2) is 4.79 Å². The summed E-state index contributed by atoms with van der Waals surface area (Å²) in [4.78, 5) is 38.0. The van der Waals surface area contributed by atoms with Crippen LogP contribution >= 0.6 is 0 Å². The number of carbonyl (C=O) groups excluding carboxylic acids is 2. The molecule has 0 radical (unpaired) electrons.